The van der Waals surface area contributed by atoms with Crippen molar-refractivity contribution in [3.63, 3.8) is 0 Å². The highest BCUT2D eigenvalue weighted by atomic mass is 32.2. The molecule has 1 aliphatic rings. The van der Waals surface area contributed by atoms with Crippen LogP contribution in [0.1, 0.15) is 11.3 Å². The van der Waals surface area contributed by atoms with E-state index in [4.69, 9.17) is 10.3 Å². The van der Waals surface area contributed by atoms with E-state index in [0.29, 0.717) is 5.17 Å². The van der Waals surface area contributed by atoms with Gasteiger partial charge in [0.15, 0.2) is 5.03 Å². The van der Waals surface area contributed by atoms with Crippen LogP contribution in [0.4, 0.5) is 0 Å². The molecule has 0 radical (unpaired) electrons. The van der Waals surface area contributed by atoms with Crippen molar-refractivity contribution in [3.8, 4) is 0 Å². The minimum atomic E-state index is -1.42. The molecule has 2 heterocycles. The largest absolute Gasteiger partial charge is 0.334 e. The van der Waals surface area contributed by atoms with Gasteiger partial charge in [-0.25, -0.2) is 4.99 Å². The number of hydrogen-bond acceptors (Lipinski definition) is 9. The first-order chi connectivity index (χ1) is 9.67. The van der Waals surface area contributed by atoms with E-state index < -0.39 is 5.79 Å². The number of amidine groups is 1. The molecule has 0 saturated carbocycles. The van der Waals surface area contributed by atoms with Gasteiger partial charge in [0, 0.05) is 11.0 Å². The third-order valence-corrected chi connectivity index (χ3v) is 3.77. The highest BCUT2D eigenvalue weighted by molar-refractivity contribution is 8.13. The fourth-order valence-electron chi connectivity index (χ4n) is 1.61. The summed E-state index contributed by atoms with van der Waals surface area (Å²) in [5.41, 5.74) is 7.17. The number of rotatable bonds is 3. The summed E-state index contributed by atoms with van der Waals surface area (Å²) in [7, 11) is 0. The zero-order valence-corrected chi connectivity index (χ0v) is 11.9. The van der Waals surface area contributed by atoms with Gasteiger partial charge in [0.2, 0.25) is 10.9 Å². The van der Waals surface area contributed by atoms with Crippen molar-refractivity contribution in [1.29, 1.82) is 0 Å². The molecule has 7 nitrogen and oxygen atoms in total. The molecule has 0 aliphatic carbocycles. The second-order valence-electron chi connectivity index (χ2n) is 4.02. The Balaban J connectivity index is 1.73. The van der Waals surface area contributed by atoms with E-state index in [1.54, 1.807) is 0 Å². The number of aliphatic imine (C=N–C) groups is 1. The SMILES string of the molecule is NC1(c2onnc2S)N=NC(SCc2ccccc2)=N1. The van der Waals surface area contributed by atoms with Gasteiger partial charge in [0.1, 0.15) is 0 Å². The van der Waals surface area contributed by atoms with Gasteiger partial charge >= 0.3 is 0 Å². The highest BCUT2D eigenvalue weighted by Crippen LogP contribution is 2.32. The maximum atomic E-state index is 6.00. The van der Waals surface area contributed by atoms with Crippen molar-refractivity contribution >= 4 is 29.6 Å². The average Bonchev–Trinajstić information content (AvgIpc) is 3.05. The van der Waals surface area contributed by atoms with E-state index in [9.17, 15) is 0 Å². The average molecular weight is 306 g/mol. The Hall–Kier alpha value is -1.71. The van der Waals surface area contributed by atoms with Crippen LogP contribution in [0.2, 0.25) is 0 Å². The van der Waals surface area contributed by atoms with Crippen molar-refractivity contribution in [2.75, 3.05) is 0 Å². The van der Waals surface area contributed by atoms with Crippen molar-refractivity contribution < 1.29 is 4.52 Å². The van der Waals surface area contributed by atoms with Crippen molar-refractivity contribution in [3.05, 3.63) is 41.7 Å². The molecule has 1 aromatic carbocycles. The second-order valence-corrected chi connectivity index (χ2v) is 5.39. The van der Waals surface area contributed by atoms with Crippen LogP contribution in [0.15, 0.2) is 55.1 Å². The molecular weight excluding hydrogens is 296 g/mol. The van der Waals surface area contributed by atoms with Gasteiger partial charge in [-0.05, 0) is 5.56 Å². The van der Waals surface area contributed by atoms with Crippen LogP contribution in [0, 0.1) is 0 Å². The molecule has 0 spiro atoms. The molecule has 0 bridgehead atoms. The minimum Gasteiger partial charge on any atom is -0.334 e. The second kappa shape index (κ2) is 5.35. The van der Waals surface area contributed by atoms with E-state index >= 15 is 0 Å². The zero-order chi connectivity index (χ0) is 14.0. The first-order valence-corrected chi connectivity index (χ1v) is 7.11. The Bertz CT molecular complexity index is 671. The number of benzene rings is 1. The van der Waals surface area contributed by atoms with Crippen LogP contribution in [0.3, 0.4) is 0 Å². The monoisotopic (exact) mass is 306 g/mol. The van der Waals surface area contributed by atoms with E-state index in [1.807, 2.05) is 30.3 Å². The molecule has 2 N–H and O–H groups in total. The molecule has 1 atom stereocenters. The number of aromatic nitrogens is 2. The van der Waals surface area contributed by atoms with Crippen LogP contribution < -0.4 is 5.73 Å². The summed E-state index contributed by atoms with van der Waals surface area (Å²) in [6, 6.07) is 9.99. The van der Waals surface area contributed by atoms with Gasteiger partial charge in [0.05, 0.1) is 0 Å². The predicted molar refractivity (Wildman–Crippen MR) is 77.4 cm³/mol. The number of nitrogens with two attached hydrogens (primary N) is 1. The molecule has 0 fully saturated rings. The molecule has 102 valence electrons. The smallest absolute Gasteiger partial charge is 0.289 e. The Morgan fingerprint density at radius 1 is 1.30 bits per heavy atom. The highest BCUT2D eigenvalue weighted by Gasteiger charge is 2.38. The summed E-state index contributed by atoms with van der Waals surface area (Å²) in [6.45, 7) is 0. The van der Waals surface area contributed by atoms with Crippen LogP contribution in [0.5, 0.6) is 0 Å². The molecule has 2 aromatic rings. The summed E-state index contributed by atoms with van der Waals surface area (Å²) in [5, 5.41) is 15.6. The van der Waals surface area contributed by atoms with Crippen LogP contribution in [-0.4, -0.2) is 15.5 Å². The fraction of sp³-hybridized carbons (Fsp3) is 0.182. The van der Waals surface area contributed by atoms with Crippen LogP contribution >= 0.6 is 24.4 Å². The van der Waals surface area contributed by atoms with Gasteiger partial charge in [-0.2, -0.15) is 0 Å². The summed E-state index contributed by atoms with van der Waals surface area (Å²) in [5.74, 6) is -0.503. The first kappa shape index (κ1) is 13.3. The van der Waals surface area contributed by atoms with E-state index in [1.165, 1.54) is 17.3 Å². The van der Waals surface area contributed by atoms with Crippen molar-refractivity contribution in [1.82, 2.24) is 10.4 Å². The number of thiol groups is 1. The van der Waals surface area contributed by atoms with Gasteiger partial charge in [-0.3, -0.25) is 5.73 Å². The zero-order valence-electron chi connectivity index (χ0n) is 10.2. The van der Waals surface area contributed by atoms with Gasteiger partial charge in [0.25, 0.3) is 5.79 Å². The Morgan fingerprint density at radius 2 is 2.10 bits per heavy atom. The lowest BCUT2D eigenvalue weighted by atomic mass is 10.2. The van der Waals surface area contributed by atoms with E-state index in [0.717, 1.165) is 5.75 Å². The number of thioether (sulfide) groups is 1. The van der Waals surface area contributed by atoms with Gasteiger partial charge in [-0.15, -0.1) is 28.0 Å². The Morgan fingerprint density at radius 3 is 2.80 bits per heavy atom. The van der Waals surface area contributed by atoms with Crippen LogP contribution in [-0.2, 0) is 11.5 Å². The molecule has 0 amide bonds. The third-order valence-electron chi connectivity index (χ3n) is 2.57. The lowest BCUT2D eigenvalue weighted by Crippen LogP contribution is -2.30. The van der Waals surface area contributed by atoms with Gasteiger partial charge < -0.3 is 4.52 Å². The number of nitrogens with zero attached hydrogens (tertiary/aromatic N) is 5. The van der Waals surface area contributed by atoms with Crippen molar-refractivity contribution in [2.24, 2.45) is 21.0 Å². The fourth-order valence-corrected chi connectivity index (χ4v) is 2.64. The van der Waals surface area contributed by atoms with Gasteiger partial charge in [-0.1, -0.05) is 42.1 Å². The topological polar surface area (TPSA) is 102 Å². The molecule has 20 heavy (non-hydrogen) atoms. The molecule has 9 heteroatoms. The molecule has 1 unspecified atom stereocenters. The maximum Gasteiger partial charge on any atom is 0.289 e. The summed E-state index contributed by atoms with van der Waals surface area (Å²) < 4.78 is 4.93. The first-order valence-electron chi connectivity index (χ1n) is 5.67. The molecular formula is C11H10N6OS2. The molecule has 1 aliphatic heterocycles. The van der Waals surface area contributed by atoms with E-state index in [-0.39, 0.29) is 10.8 Å². The van der Waals surface area contributed by atoms with Crippen LogP contribution in [0.25, 0.3) is 0 Å². The summed E-state index contributed by atoms with van der Waals surface area (Å²) >= 11 is 5.54. The number of hydrogen-bond donors (Lipinski definition) is 2. The lowest BCUT2D eigenvalue weighted by molar-refractivity contribution is 0.291. The lowest BCUT2D eigenvalue weighted by Gasteiger charge is -2.10. The Kier molecular flexibility index (Phi) is 3.55. The molecule has 3 rings (SSSR count). The summed E-state index contributed by atoms with van der Waals surface area (Å²) in [6.07, 6.45) is 0. The molecule has 0 saturated heterocycles. The normalized spacial score (nSPS) is 21.2. The maximum absolute atomic E-state index is 6.00. The summed E-state index contributed by atoms with van der Waals surface area (Å²) in [4.78, 5) is 4.24. The Labute approximate surface area is 124 Å². The molecule has 1 aromatic heterocycles. The predicted octanol–water partition coefficient (Wildman–Crippen LogP) is 2.18. The van der Waals surface area contributed by atoms with Crippen molar-refractivity contribution in [2.45, 2.75) is 16.6 Å². The number of azo groups is 1. The third kappa shape index (κ3) is 2.60. The standard InChI is InChI=1S/C11H10N6OS2/c12-11(8-9(19)14-17-18-8)13-10(15-16-11)20-6-7-4-2-1-3-5-7/h1-5,19H,6,12H2. The van der Waals surface area contributed by atoms with E-state index in [2.05, 4.69) is 38.2 Å². The quantitative estimate of drug-likeness (QED) is 0.846. The minimum absolute atomic E-state index is 0.180.